The van der Waals surface area contributed by atoms with Crippen LogP contribution in [0, 0.1) is 0 Å². The van der Waals surface area contributed by atoms with Gasteiger partial charge in [0.2, 0.25) is 5.91 Å². The number of para-hydroxylation sites is 2. The van der Waals surface area contributed by atoms with Gasteiger partial charge >= 0.3 is 11.9 Å². The Morgan fingerprint density at radius 2 is 0.833 bits per heavy atom. The molecule has 0 radical (unpaired) electrons. The van der Waals surface area contributed by atoms with Crippen LogP contribution >= 0.6 is 69.6 Å². The van der Waals surface area contributed by atoms with E-state index >= 15 is 0 Å². The number of H-pyrrole nitrogens is 1. The Morgan fingerprint density at radius 1 is 0.479 bits per heavy atom. The summed E-state index contributed by atoms with van der Waals surface area (Å²) < 4.78 is 21.5. The monoisotopic (exact) mass is 1410 g/mol. The van der Waals surface area contributed by atoms with E-state index < -0.39 is 41.1 Å². The molecule has 0 fully saturated rings. The Balaban J connectivity index is 0.000000175. The highest BCUT2D eigenvalue weighted by atomic mass is 35.5. The van der Waals surface area contributed by atoms with E-state index in [2.05, 4.69) is 25.9 Å². The summed E-state index contributed by atoms with van der Waals surface area (Å²) in [4.78, 5) is 44.9. The first-order chi connectivity index (χ1) is 46.5. The van der Waals surface area contributed by atoms with Gasteiger partial charge in [0.1, 0.15) is 54.4 Å². The zero-order valence-electron chi connectivity index (χ0n) is 51.9. The number of nitrogens with zero attached hydrogens (tertiary/aromatic N) is 1. The molecule has 11 rings (SSSR count). The van der Waals surface area contributed by atoms with Crippen LogP contribution in [-0.2, 0) is 41.5 Å². The van der Waals surface area contributed by atoms with Crippen molar-refractivity contribution in [3.8, 4) is 17.2 Å². The number of aliphatic hydroxyl groups excluding tert-OH is 1. The van der Waals surface area contributed by atoms with Crippen molar-refractivity contribution in [3.63, 3.8) is 0 Å². The fraction of sp³-hybridized carbons (Fsp3) is 0.147. The number of benzene rings is 10. The maximum atomic E-state index is 13.0. The highest BCUT2D eigenvalue weighted by Gasteiger charge is 2.42. The van der Waals surface area contributed by atoms with E-state index in [-0.39, 0.29) is 43.0 Å². The Labute approximate surface area is 587 Å². The number of aromatic hydroxyl groups is 1. The first-order valence-corrected chi connectivity index (χ1v) is 32.2. The highest BCUT2D eigenvalue weighted by molar-refractivity contribution is 6.36. The van der Waals surface area contributed by atoms with Crippen LogP contribution in [0.25, 0.3) is 11.0 Å². The standard InChI is InChI=1S/C29H25Cl2NO3.C23H23NO3.C17H16Cl2N4O2.C6H4Cl2O/c1-34-28(33)26(20-35-27-18-17-24(30)19-25(27)31)32-29(21-11-5-2-6-12-21,22-13-7-3-8-14-22)23-15-9-4-10-16-23;1-27-22(26)21(17-25)24-23(18-11-5-2-6-12-18,19-13-7-3-8-14-19)20-15-9-4-10-16-20;18-10-5-6-15(11(19)7-10)25-9-12(20)17(24)21-8-16-22-13-3-1-2-4-14(13)23-16;7-4-1-2-6(9)5(8)3-4/h2-19,26,32H,20H2,1H3;2-16,21,24-25H,17H2,1H3;1-7,12H,8-9,20H2,(H,21,24)(H,22,23);1-3,9H/t26-;21-;12-;/m000./s1. The maximum absolute atomic E-state index is 13.0. The molecule has 8 N–H and O–H groups in total. The second-order valence-corrected chi connectivity index (χ2v) is 23.7. The van der Waals surface area contributed by atoms with Crippen LogP contribution in [0.1, 0.15) is 39.2 Å². The van der Waals surface area contributed by atoms with Crippen LogP contribution < -0.4 is 31.2 Å². The number of nitrogens with two attached hydrogens (primary N) is 1. The Bertz CT molecular complexity index is 4020. The number of methoxy groups -OCH3 is 2. The predicted molar refractivity (Wildman–Crippen MR) is 381 cm³/mol. The third kappa shape index (κ3) is 19.4. The molecule has 0 aliphatic rings. The van der Waals surface area contributed by atoms with Gasteiger partial charge in [0.05, 0.1) is 64.6 Å². The molecule has 15 nitrogen and oxygen atoms in total. The Morgan fingerprint density at radius 3 is 1.20 bits per heavy atom. The number of halogens is 6. The number of rotatable bonds is 22. The molecule has 1 aromatic heterocycles. The topological polar surface area (TPSA) is 219 Å². The van der Waals surface area contributed by atoms with E-state index in [0.29, 0.717) is 42.4 Å². The summed E-state index contributed by atoms with van der Waals surface area (Å²) in [5.41, 5.74) is 11.7. The molecule has 0 bridgehead atoms. The van der Waals surface area contributed by atoms with E-state index in [4.69, 9.17) is 99.4 Å². The van der Waals surface area contributed by atoms with Crippen molar-refractivity contribution in [1.29, 1.82) is 0 Å². The van der Waals surface area contributed by atoms with Gasteiger partial charge in [-0.05, 0) is 100 Å². The molecule has 0 aliphatic carbocycles. The van der Waals surface area contributed by atoms with Crippen LogP contribution in [0.5, 0.6) is 17.2 Å². The number of fused-ring (bicyclic) bond motifs is 1. The normalized spacial score (nSPS) is 11.9. The molecule has 3 atom stereocenters. The molecule has 1 amide bonds. The summed E-state index contributed by atoms with van der Waals surface area (Å²) in [5, 5.41) is 31.0. The van der Waals surface area contributed by atoms with E-state index in [1.54, 1.807) is 42.5 Å². The lowest BCUT2D eigenvalue weighted by Gasteiger charge is -2.39. The lowest BCUT2D eigenvalue weighted by molar-refractivity contribution is -0.145. The zero-order valence-corrected chi connectivity index (χ0v) is 56.5. The smallest absolute Gasteiger partial charge is 0.326 e. The number of carbonyl (C=O) groups excluding carboxylic acids is 3. The lowest BCUT2D eigenvalue weighted by atomic mass is 9.76. The van der Waals surface area contributed by atoms with Crippen molar-refractivity contribution >= 4 is 98.5 Å². The molecule has 0 aliphatic heterocycles. The molecule has 0 saturated heterocycles. The van der Waals surface area contributed by atoms with Gasteiger partial charge in [0.25, 0.3) is 0 Å². The van der Waals surface area contributed by atoms with Crippen molar-refractivity contribution < 1.29 is 43.5 Å². The maximum Gasteiger partial charge on any atom is 0.326 e. The second-order valence-electron chi connectivity index (χ2n) is 21.2. The number of hydrogen-bond acceptors (Lipinski definition) is 13. The number of esters is 2. The summed E-state index contributed by atoms with van der Waals surface area (Å²) in [5.74, 6) is 0.255. The van der Waals surface area contributed by atoms with E-state index in [0.717, 1.165) is 44.4 Å². The first-order valence-electron chi connectivity index (χ1n) is 29.9. The SMILES string of the molecule is COC(=O)[C@H](CO)NC(c1ccccc1)(c1ccccc1)c1ccccc1.COC(=O)[C@H](COc1ccc(Cl)cc1Cl)NC(c1ccccc1)(c1ccccc1)c1ccccc1.N[C@@H](COc1ccc(Cl)cc1Cl)C(=O)NCc1nc2ccccc2[nH]1.Oc1ccc(Cl)cc1Cl. The van der Waals surface area contributed by atoms with Crippen molar-refractivity contribution in [3.05, 3.63) is 330 Å². The number of hydrogen-bond donors (Lipinski definition) is 7. The molecule has 0 spiro atoms. The number of aromatic amines is 1. The Kier molecular flexibility index (Phi) is 27.5. The quantitative estimate of drug-likeness (QED) is 0.0248. The van der Waals surface area contributed by atoms with Crippen molar-refractivity contribution in [1.82, 2.24) is 25.9 Å². The number of amides is 1. The molecule has 10 aromatic carbocycles. The van der Waals surface area contributed by atoms with Crippen LogP contribution in [0.4, 0.5) is 0 Å². The van der Waals surface area contributed by atoms with Gasteiger partial charge < -0.3 is 45.2 Å². The van der Waals surface area contributed by atoms with Crippen molar-refractivity contribution in [2.45, 2.75) is 35.7 Å². The zero-order chi connectivity index (χ0) is 68.5. The molecule has 0 saturated carbocycles. The van der Waals surface area contributed by atoms with Crippen LogP contribution in [0.2, 0.25) is 30.1 Å². The summed E-state index contributed by atoms with van der Waals surface area (Å²) >= 11 is 35.1. The molecule has 1 heterocycles. The molecular weight excluding hydrogens is 1340 g/mol. The second kappa shape index (κ2) is 36.3. The molecular formula is C75H68Cl6N6O9. The van der Waals surface area contributed by atoms with Crippen molar-refractivity contribution in [2.75, 3.05) is 34.0 Å². The van der Waals surface area contributed by atoms with Gasteiger partial charge in [-0.3, -0.25) is 25.0 Å². The minimum Gasteiger partial charge on any atom is -0.506 e. The number of aromatic nitrogens is 2. The molecule has 0 unspecified atom stereocenters. The minimum atomic E-state index is -0.879. The summed E-state index contributed by atoms with van der Waals surface area (Å²) in [6.45, 7) is -0.139. The first kappa shape index (κ1) is 72.9. The fourth-order valence-electron chi connectivity index (χ4n) is 10.3. The van der Waals surface area contributed by atoms with Crippen LogP contribution in [0.15, 0.2) is 261 Å². The van der Waals surface area contributed by atoms with Crippen LogP contribution in [-0.4, -0.2) is 90.2 Å². The van der Waals surface area contributed by atoms with Gasteiger partial charge in [-0.2, -0.15) is 0 Å². The van der Waals surface area contributed by atoms with Gasteiger partial charge in [0, 0.05) is 15.1 Å². The number of phenols is 1. The number of aliphatic hydroxyl groups is 1. The van der Waals surface area contributed by atoms with Crippen molar-refractivity contribution in [2.24, 2.45) is 5.73 Å². The average Bonchev–Trinajstić information content (AvgIpc) is 0.891. The Hall–Kier alpha value is -8.94. The third-order valence-corrected chi connectivity index (χ3v) is 16.5. The van der Waals surface area contributed by atoms with Gasteiger partial charge in [0.15, 0.2) is 0 Å². The van der Waals surface area contributed by atoms with Gasteiger partial charge in [-0.15, -0.1) is 0 Å². The summed E-state index contributed by atoms with van der Waals surface area (Å²) in [6, 6.07) is 79.1. The average molecular weight is 1410 g/mol. The minimum absolute atomic E-state index is 0.00663. The lowest BCUT2D eigenvalue weighted by Crippen LogP contribution is -2.55. The number of nitrogens with one attached hydrogen (secondary N) is 4. The largest absolute Gasteiger partial charge is 0.506 e. The number of imidazole rings is 1. The summed E-state index contributed by atoms with van der Waals surface area (Å²) in [7, 11) is 2.68. The summed E-state index contributed by atoms with van der Waals surface area (Å²) in [6.07, 6.45) is 0. The highest BCUT2D eigenvalue weighted by Crippen LogP contribution is 2.40. The predicted octanol–water partition coefficient (Wildman–Crippen LogP) is 15.2. The molecule has 96 heavy (non-hydrogen) atoms. The van der Waals surface area contributed by atoms with E-state index in [9.17, 15) is 19.5 Å². The van der Waals surface area contributed by atoms with E-state index in [1.165, 1.54) is 26.4 Å². The molecule has 494 valence electrons. The molecule has 11 aromatic rings. The van der Waals surface area contributed by atoms with Crippen LogP contribution in [0.3, 0.4) is 0 Å². The third-order valence-electron chi connectivity index (χ3n) is 14.9. The van der Waals surface area contributed by atoms with Gasteiger partial charge in [-0.25, -0.2) is 4.98 Å². The number of phenolic OH excluding ortho intramolecular Hbond substituents is 1. The fourth-order valence-corrected chi connectivity index (χ4v) is 11.6. The van der Waals surface area contributed by atoms with E-state index in [1.807, 2.05) is 206 Å². The number of carbonyl (C=O) groups is 3. The number of ether oxygens (including phenoxy) is 4. The van der Waals surface area contributed by atoms with Gasteiger partial charge in [-0.1, -0.05) is 264 Å². The molecule has 21 heteroatoms.